The highest BCUT2D eigenvalue weighted by molar-refractivity contribution is 5.85. The first-order valence-corrected chi connectivity index (χ1v) is 4.07. The van der Waals surface area contributed by atoms with Gasteiger partial charge in [0.15, 0.2) is 0 Å². The van der Waals surface area contributed by atoms with Crippen LogP contribution in [0.3, 0.4) is 0 Å². The van der Waals surface area contributed by atoms with Crippen molar-refractivity contribution in [3.63, 3.8) is 0 Å². The van der Waals surface area contributed by atoms with Gasteiger partial charge in [0.05, 0.1) is 11.7 Å². The Morgan fingerprint density at radius 3 is 2.57 bits per heavy atom. The van der Waals surface area contributed by atoms with Crippen molar-refractivity contribution in [3.8, 4) is 0 Å². The lowest BCUT2D eigenvalue weighted by atomic mass is 10.1. The highest BCUT2D eigenvalue weighted by Crippen LogP contribution is 2.15. The Morgan fingerprint density at radius 1 is 1.43 bits per heavy atom. The maximum atomic E-state index is 12.0. The summed E-state index contributed by atoms with van der Waals surface area (Å²) in [6, 6.07) is 4.57. The van der Waals surface area contributed by atoms with Gasteiger partial charge in [0.1, 0.15) is 0 Å². The third-order valence-corrected chi connectivity index (χ3v) is 1.72. The van der Waals surface area contributed by atoms with Crippen LogP contribution in [0.2, 0.25) is 0 Å². The second kappa shape index (κ2) is 5.88. The fourth-order valence-corrected chi connectivity index (χ4v) is 1.08. The van der Waals surface area contributed by atoms with Crippen LogP contribution in [0.25, 0.3) is 0 Å². The van der Waals surface area contributed by atoms with Gasteiger partial charge < -0.3 is 5.73 Å². The van der Waals surface area contributed by atoms with Gasteiger partial charge in [0.25, 0.3) is 0 Å². The minimum Gasteiger partial charge on any atom is -0.322 e. The van der Waals surface area contributed by atoms with Crippen molar-refractivity contribution >= 4 is 12.4 Å². The summed E-state index contributed by atoms with van der Waals surface area (Å²) < 4.78 is 23.9. The van der Waals surface area contributed by atoms with E-state index in [2.05, 4.69) is 4.98 Å². The van der Waals surface area contributed by atoms with E-state index in [1.807, 2.05) is 0 Å². The third-order valence-electron chi connectivity index (χ3n) is 1.72. The van der Waals surface area contributed by atoms with Crippen LogP contribution in [0, 0.1) is 6.92 Å². The van der Waals surface area contributed by atoms with Crippen LogP contribution in [-0.2, 0) is 0 Å². The number of halogens is 3. The van der Waals surface area contributed by atoms with Crippen molar-refractivity contribution < 1.29 is 8.78 Å². The standard InChI is InChI=1S/C9H12F2N2.ClH/c1-6-3-2-4-8(13-6)7(12)5-9(10)11;/h2-4,7,9H,5,12H2,1H3;1H/t7-;/m1./s1. The molecule has 5 heteroatoms. The highest BCUT2D eigenvalue weighted by Gasteiger charge is 2.13. The van der Waals surface area contributed by atoms with Crippen molar-refractivity contribution in [3.05, 3.63) is 29.6 Å². The number of nitrogens with two attached hydrogens (primary N) is 1. The predicted octanol–water partition coefficient (Wildman–Crippen LogP) is 2.47. The summed E-state index contributed by atoms with van der Waals surface area (Å²) in [5, 5.41) is 0. The van der Waals surface area contributed by atoms with E-state index in [-0.39, 0.29) is 18.8 Å². The van der Waals surface area contributed by atoms with Crippen LogP contribution in [0.1, 0.15) is 23.9 Å². The van der Waals surface area contributed by atoms with E-state index in [4.69, 9.17) is 5.73 Å². The molecule has 0 saturated heterocycles. The largest absolute Gasteiger partial charge is 0.322 e. The molecule has 14 heavy (non-hydrogen) atoms. The van der Waals surface area contributed by atoms with Crippen molar-refractivity contribution in [2.45, 2.75) is 25.8 Å². The van der Waals surface area contributed by atoms with Crippen LogP contribution >= 0.6 is 12.4 Å². The molecule has 0 radical (unpaired) electrons. The van der Waals surface area contributed by atoms with E-state index >= 15 is 0 Å². The third kappa shape index (κ3) is 3.98. The molecule has 0 aliphatic rings. The molecule has 0 aliphatic heterocycles. The average molecular weight is 223 g/mol. The predicted molar refractivity (Wildman–Crippen MR) is 53.8 cm³/mol. The summed E-state index contributed by atoms with van der Waals surface area (Å²) in [5.41, 5.74) is 6.84. The van der Waals surface area contributed by atoms with Crippen LogP contribution in [0.4, 0.5) is 8.78 Å². The Bertz CT molecular complexity index is 281. The molecular weight excluding hydrogens is 210 g/mol. The zero-order valence-corrected chi connectivity index (χ0v) is 8.60. The normalized spacial score (nSPS) is 12.4. The minimum atomic E-state index is -2.38. The number of aryl methyl sites for hydroxylation is 1. The van der Waals surface area contributed by atoms with Gasteiger partial charge in [-0.3, -0.25) is 4.98 Å². The van der Waals surface area contributed by atoms with Gasteiger partial charge in [-0.05, 0) is 19.1 Å². The Kier molecular flexibility index (Phi) is 5.57. The lowest BCUT2D eigenvalue weighted by Gasteiger charge is -2.10. The molecule has 1 rings (SSSR count). The van der Waals surface area contributed by atoms with E-state index in [0.29, 0.717) is 5.69 Å². The van der Waals surface area contributed by atoms with Gasteiger partial charge in [-0.25, -0.2) is 8.78 Å². The maximum absolute atomic E-state index is 12.0. The fourth-order valence-electron chi connectivity index (χ4n) is 1.08. The topological polar surface area (TPSA) is 38.9 Å². The molecule has 80 valence electrons. The number of pyridine rings is 1. The summed E-state index contributed by atoms with van der Waals surface area (Å²) in [4.78, 5) is 4.07. The van der Waals surface area contributed by atoms with Crippen molar-refractivity contribution in [1.29, 1.82) is 0 Å². The molecule has 0 saturated carbocycles. The minimum absolute atomic E-state index is 0. The molecule has 0 unspecified atom stereocenters. The van der Waals surface area contributed by atoms with Crippen molar-refractivity contribution in [2.75, 3.05) is 0 Å². The number of aromatic nitrogens is 1. The molecule has 0 aromatic carbocycles. The molecule has 2 nitrogen and oxygen atoms in total. The zero-order chi connectivity index (χ0) is 9.84. The summed E-state index contributed by atoms with van der Waals surface area (Å²) in [7, 11) is 0. The molecule has 1 aromatic rings. The Hall–Kier alpha value is -0.740. The molecule has 1 heterocycles. The van der Waals surface area contributed by atoms with Crippen LogP contribution in [0.15, 0.2) is 18.2 Å². The summed E-state index contributed by atoms with van der Waals surface area (Å²) in [6.07, 6.45) is -2.71. The quantitative estimate of drug-likeness (QED) is 0.853. The van der Waals surface area contributed by atoms with E-state index in [1.165, 1.54) is 0 Å². The van der Waals surface area contributed by atoms with Gasteiger partial charge >= 0.3 is 0 Å². The number of hydrogen-bond donors (Lipinski definition) is 1. The highest BCUT2D eigenvalue weighted by atomic mass is 35.5. The summed E-state index contributed by atoms with van der Waals surface area (Å²) >= 11 is 0. The van der Waals surface area contributed by atoms with Crippen LogP contribution in [0.5, 0.6) is 0 Å². The molecule has 0 bridgehead atoms. The monoisotopic (exact) mass is 222 g/mol. The molecular formula is C9H13ClF2N2. The molecule has 2 N–H and O–H groups in total. The zero-order valence-electron chi connectivity index (χ0n) is 7.78. The number of alkyl halides is 2. The first-order valence-electron chi connectivity index (χ1n) is 4.07. The lowest BCUT2D eigenvalue weighted by molar-refractivity contribution is 0.128. The van der Waals surface area contributed by atoms with Crippen LogP contribution in [-0.4, -0.2) is 11.4 Å². The van der Waals surface area contributed by atoms with E-state index in [1.54, 1.807) is 25.1 Å². The number of hydrogen-bond acceptors (Lipinski definition) is 2. The Balaban J connectivity index is 0.00000169. The second-order valence-electron chi connectivity index (χ2n) is 2.94. The summed E-state index contributed by atoms with van der Waals surface area (Å²) in [5.74, 6) is 0. The SMILES string of the molecule is Cc1cccc([C@H](N)CC(F)F)n1.Cl. The Morgan fingerprint density at radius 2 is 2.07 bits per heavy atom. The van der Waals surface area contributed by atoms with E-state index in [0.717, 1.165) is 5.69 Å². The van der Waals surface area contributed by atoms with Gasteiger partial charge in [-0.2, -0.15) is 0 Å². The molecule has 0 amide bonds. The van der Waals surface area contributed by atoms with Crippen LogP contribution < -0.4 is 5.73 Å². The maximum Gasteiger partial charge on any atom is 0.240 e. The van der Waals surface area contributed by atoms with E-state index in [9.17, 15) is 8.78 Å². The van der Waals surface area contributed by atoms with E-state index < -0.39 is 12.5 Å². The fraction of sp³-hybridized carbons (Fsp3) is 0.444. The van der Waals surface area contributed by atoms with Crippen molar-refractivity contribution in [2.24, 2.45) is 5.73 Å². The molecule has 1 aromatic heterocycles. The molecule has 1 atom stereocenters. The molecule has 0 aliphatic carbocycles. The molecule has 0 fully saturated rings. The average Bonchev–Trinajstić information content (AvgIpc) is 2.03. The summed E-state index contributed by atoms with van der Waals surface area (Å²) in [6.45, 7) is 1.80. The van der Waals surface area contributed by atoms with Gasteiger partial charge in [0.2, 0.25) is 6.43 Å². The van der Waals surface area contributed by atoms with Crippen molar-refractivity contribution in [1.82, 2.24) is 4.98 Å². The molecule has 0 spiro atoms. The van der Waals surface area contributed by atoms with Gasteiger partial charge in [-0.1, -0.05) is 6.07 Å². The smallest absolute Gasteiger partial charge is 0.240 e. The first-order chi connectivity index (χ1) is 6.09. The lowest BCUT2D eigenvalue weighted by Crippen LogP contribution is -2.15. The number of nitrogens with zero attached hydrogens (tertiary/aromatic N) is 1. The first kappa shape index (κ1) is 13.3. The second-order valence-corrected chi connectivity index (χ2v) is 2.94. The Labute approximate surface area is 87.9 Å². The number of rotatable bonds is 3. The van der Waals surface area contributed by atoms with Gasteiger partial charge in [0, 0.05) is 12.1 Å². The van der Waals surface area contributed by atoms with Gasteiger partial charge in [-0.15, -0.1) is 12.4 Å².